The summed E-state index contributed by atoms with van der Waals surface area (Å²) in [6.45, 7) is 3.72. The summed E-state index contributed by atoms with van der Waals surface area (Å²) in [4.78, 5) is 0. The normalized spacial score (nSPS) is 35.8. The fourth-order valence-corrected chi connectivity index (χ4v) is 6.08. The minimum absolute atomic E-state index is 0.444. The third-order valence-electron chi connectivity index (χ3n) is 6.00. The summed E-state index contributed by atoms with van der Waals surface area (Å²) in [5, 5.41) is 3.96. The molecule has 1 N–H and O–H groups in total. The van der Waals surface area contributed by atoms with Gasteiger partial charge in [-0.15, -0.1) is 0 Å². The second-order valence-electron chi connectivity index (χ2n) is 7.75. The van der Waals surface area contributed by atoms with Gasteiger partial charge in [-0.2, -0.15) is 0 Å². The van der Waals surface area contributed by atoms with Gasteiger partial charge in [0, 0.05) is 12.1 Å². The van der Waals surface area contributed by atoms with E-state index in [0.29, 0.717) is 12.1 Å². The van der Waals surface area contributed by atoms with Gasteiger partial charge in [0.25, 0.3) is 0 Å². The summed E-state index contributed by atoms with van der Waals surface area (Å²) in [6.07, 6.45) is 8.77. The zero-order valence-electron chi connectivity index (χ0n) is 13.4. The van der Waals surface area contributed by atoms with Crippen LogP contribution in [0.1, 0.15) is 51.0 Å². The van der Waals surface area contributed by atoms with Crippen LogP contribution in [0.2, 0.25) is 0 Å². The molecule has 4 aliphatic carbocycles. The second-order valence-corrected chi connectivity index (χ2v) is 8.60. The minimum Gasteiger partial charge on any atom is -0.493 e. The molecule has 0 saturated heterocycles. The Labute approximate surface area is 142 Å². The van der Waals surface area contributed by atoms with Crippen molar-refractivity contribution in [2.75, 3.05) is 6.61 Å². The lowest BCUT2D eigenvalue weighted by molar-refractivity contribution is -0.0206. The molecule has 4 bridgehead atoms. The lowest BCUT2D eigenvalue weighted by Crippen LogP contribution is -2.58. The van der Waals surface area contributed by atoms with Crippen molar-refractivity contribution in [2.24, 2.45) is 17.8 Å². The zero-order valence-corrected chi connectivity index (χ0v) is 15.0. The van der Waals surface area contributed by atoms with Crippen molar-refractivity contribution in [3.05, 3.63) is 28.2 Å². The summed E-state index contributed by atoms with van der Waals surface area (Å²) in [5.74, 6) is 3.96. The van der Waals surface area contributed by atoms with E-state index in [1.54, 1.807) is 0 Å². The third-order valence-corrected chi connectivity index (χ3v) is 6.62. The van der Waals surface area contributed by atoms with E-state index in [9.17, 15) is 0 Å². The summed E-state index contributed by atoms with van der Waals surface area (Å²) < 4.78 is 6.67. The van der Waals surface area contributed by atoms with Gasteiger partial charge in [-0.25, -0.2) is 0 Å². The predicted octanol–water partition coefficient (Wildman–Crippen LogP) is 4.91. The summed E-state index contributed by atoms with van der Waals surface area (Å²) in [5.41, 5.74) is 1.80. The maximum absolute atomic E-state index is 5.60. The Hall–Kier alpha value is -0.540. The topological polar surface area (TPSA) is 21.3 Å². The maximum Gasteiger partial charge on any atom is 0.133 e. The van der Waals surface area contributed by atoms with Crippen LogP contribution in [-0.2, 0) is 6.54 Å². The molecule has 120 valence electrons. The molecule has 4 saturated carbocycles. The van der Waals surface area contributed by atoms with Gasteiger partial charge in [-0.05, 0) is 96.8 Å². The molecule has 1 aromatic carbocycles. The standard InChI is InChI=1S/C19H26BrNO/c1-2-22-18-4-3-13(8-17(18)20)12-21-19-9-14-5-15(10-19)7-16(6-14)11-19/h3-4,8,14-16,21H,2,5-7,9-12H2,1H3. The van der Waals surface area contributed by atoms with Crippen molar-refractivity contribution in [1.29, 1.82) is 0 Å². The molecular formula is C19H26BrNO. The monoisotopic (exact) mass is 363 g/mol. The average molecular weight is 364 g/mol. The van der Waals surface area contributed by atoms with Crippen LogP contribution in [0.3, 0.4) is 0 Å². The van der Waals surface area contributed by atoms with Crippen LogP contribution in [0.15, 0.2) is 22.7 Å². The largest absolute Gasteiger partial charge is 0.493 e. The molecule has 4 fully saturated rings. The molecule has 0 aliphatic heterocycles. The van der Waals surface area contributed by atoms with E-state index in [-0.39, 0.29) is 0 Å². The van der Waals surface area contributed by atoms with Crippen molar-refractivity contribution in [1.82, 2.24) is 5.32 Å². The first-order valence-corrected chi connectivity index (χ1v) is 9.61. The lowest BCUT2D eigenvalue weighted by atomic mass is 9.53. The van der Waals surface area contributed by atoms with E-state index in [1.807, 2.05) is 6.92 Å². The Kier molecular flexibility index (Phi) is 3.98. The molecule has 22 heavy (non-hydrogen) atoms. The number of hydrogen-bond acceptors (Lipinski definition) is 2. The smallest absolute Gasteiger partial charge is 0.133 e. The molecule has 0 aromatic heterocycles. The van der Waals surface area contributed by atoms with Crippen molar-refractivity contribution < 1.29 is 4.74 Å². The number of hydrogen-bond donors (Lipinski definition) is 1. The van der Waals surface area contributed by atoms with Crippen molar-refractivity contribution >= 4 is 15.9 Å². The molecule has 0 atom stereocenters. The highest BCUT2D eigenvalue weighted by Crippen LogP contribution is 2.55. The highest BCUT2D eigenvalue weighted by Gasteiger charge is 2.50. The summed E-state index contributed by atoms with van der Waals surface area (Å²) >= 11 is 3.63. The van der Waals surface area contributed by atoms with E-state index in [1.165, 1.54) is 44.1 Å². The van der Waals surface area contributed by atoms with Gasteiger partial charge in [-0.3, -0.25) is 0 Å². The molecule has 1 aromatic rings. The van der Waals surface area contributed by atoms with Gasteiger partial charge >= 0.3 is 0 Å². The SMILES string of the molecule is CCOc1ccc(CNC23CC4CC(CC(C4)C2)C3)cc1Br. The Morgan fingerprint density at radius 3 is 2.32 bits per heavy atom. The molecular weight excluding hydrogens is 338 g/mol. The zero-order chi connectivity index (χ0) is 15.2. The van der Waals surface area contributed by atoms with Crippen LogP contribution in [0.25, 0.3) is 0 Å². The molecule has 5 rings (SSSR count). The summed E-state index contributed by atoms with van der Waals surface area (Å²) in [6, 6.07) is 6.49. The highest BCUT2D eigenvalue weighted by molar-refractivity contribution is 9.10. The molecule has 0 amide bonds. The fourth-order valence-electron chi connectivity index (χ4n) is 5.54. The molecule has 0 heterocycles. The van der Waals surface area contributed by atoms with Crippen LogP contribution in [-0.4, -0.2) is 12.1 Å². The second kappa shape index (κ2) is 5.83. The van der Waals surface area contributed by atoms with Crippen LogP contribution in [0.4, 0.5) is 0 Å². The number of ether oxygens (including phenoxy) is 1. The first kappa shape index (κ1) is 15.0. The van der Waals surface area contributed by atoms with Gasteiger partial charge in [0.15, 0.2) is 0 Å². The maximum atomic E-state index is 5.60. The number of rotatable bonds is 5. The van der Waals surface area contributed by atoms with E-state index in [4.69, 9.17) is 4.74 Å². The fraction of sp³-hybridized carbons (Fsp3) is 0.684. The molecule has 0 spiro atoms. The molecule has 2 nitrogen and oxygen atoms in total. The number of halogens is 1. The summed E-state index contributed by atoms with van der Waals surface area (Å²) in [7, 11) is 0. The number of nitrogens with one attached hydrogen (secondary N) is 1. The van der Waals surface area contributed by atoms with Crippen molar-refractivity contribution in [2.45, 2.75) is 57.5 Å². The quantitative estimate of drug-likeness (QED) is 0.802. The highest BCUT2D eigenvalue weighted by atomic mass is 79.9. The van der Waals surface area contributed by atoms with E-state index in [2.05, 4.69) is 39.4 Å². The number of benzene rings is 1. The van der Waals surface area contributed by atoms with Gasteiger partial charge in [0.2, 0.25) is 0 Å². The van der Waals surface area contributed by atoms with E-state index >= 15 is 0 Å². The minimum atomic E-state index is 0.444. The van der Waals surface area contributed by atoms with Gasteiger partial charge < -0.3 is 10.1 Å². The first-order valence-electron chi connectivity index (χ1n) is 8.82. The van der Waals surface area contributed by atoms with Gasteiger partial charge in [0.05, 0.1) is 11.1 Å². The van der Waals surface area contributed by atoms with E-state index < -0.39 is 0 Å². The Bertz CT molecular complexity index is 521. The molecule has 3 heteroatoms. The Morgan fingerprint density at radius 1 is 1.14 bits per heavy atom. The van der Waals surface area contributed by atoms with Crippen molar-refractivity contribution in [3.8, 4) is 5.75 Å². The Morgan fingerprint density at radius 2 is 1.77 bits per heavy atom. The van der Waals surface area contributed by atoms with Crippen LogP contribution >= 0.6 is 15.9 Å². The van der Waals surface area contributed by atoms with Crippen LogP contribution < -0.4 is 10.1 Å². The average Bonchev–Trinajstić information content (AvgIpc) is 2.46. The van der Waals surface area contributed by atoms with Crippen LogP contribution in [0, 0.1) is 17.8 Å². The van der Waals surface area contributed by atoms with Crippen molar-refractivity contribution in [3.63, 3.8) is 0 Å². The Balaban J connectivity index is 1.43. The molecule has 0 unspecified atom stereocenters. The molecule has 4 aliphatic rings. The van der Waals surface area contributed by atoms with E-state index in [0.717, 1.165) is 34.5 Å². The van der Waals surface area contributed by atoms with Gasteiger partial charge in [-0.1, -0.05) is 6.07 Å². The van der Waals surface area contributed by atoms with Gasteiger partial charge in [0.1, 0.15) is 5.75 Å². The third kappa shape index (κ3) is 2.82. The molecule has 0 radical (unpaired) electrons. The van der Waals surface area contributed by atoms with Crippen LogP contribution in [0.5, 0.6) is 5.75 Å². The first-order chi connectivity index (χ1) is 10.7. The predicted molar refractivity (Wildman–Crippen MR) is 93.1 cm³/mol. The lowest BCUT2D eigenvalue weighted by Gasteiger charge is -2.57.